The van der Waals surface area contributed by atoms with Crippen molar-refractivity contribution in [3.8, 4) is 0 Å². The third-order valence-corrected chi connectivity index (χ3v) is 4.46. The fourth-order valence-corrected chi connectivity index (χ4v) is 2.57. The Bertz CT molecular complexity index is 275. The summed E-state index contributed by atoms with van der Waals surface area (Å²) in [5.41, 5.74) is -1.38. The van der Waals surface area contributed by atoms with Gasteiger partial charge in [-0.05, 0) is 25.7 Å². The van der Waals surface area contributed by atoms with Gasteiger partial charge in [-0.2, -0.15) is 0 Å². The van der Waals surface area contributed by atoms with E-state index in [-0.39, 0.29) is 38.6 Å². The molecule has 0 spiro atoms. The molecule has 0 rings (SSSR count). The molecule has 6 N–H and O–H groups in total. The minimum absolute atomic E-state index is 0.0980. The van der Waals surface area contributed by atoms with Gasteiger partial charge in [-0.15, -0.1) is 0 Å². The standard InChI is InChI=1S/C16H34O6/c1-12(10-18)14(20)6-8-16(22,7-4-3-5-9-17)15(21)13(2)11-19/h12-15,17-22H,3-11H2,1-2H3. The summed E-state index contributed by atoms with van der Waals surface area (Å²) in [6.45, 7) is 3.12. The molecule has 0 radical (unpaired) electrons. The Morgan fingerprint density at radius 2 is 1.41 bits per heavy atom. The first-order chi connectivity index (χ1) is 10.3. The molecule has 0 aromatic rings. The highest BCUT2D eigenvalue weighted by molar-refractivity contribution is 4.90. The van der Waals surface area contributed by atoms with Gasteiger partial charge >= 0.3 is 0 Å². The SMILES string of the molecule is CC(CO)C(O)CCC(O)(CCCCCO)C(O)C(C)CO. The Labute approximate surface area is 133 Å². The summed E-state index contributed by atoms with van der Waals surface area (Å²) in [7, 11) is 0. The second-order valence-corrected chi connectivity index (χ2v) is 6.51. The summed E-state index contributed by atoms with van der Waals surface area (Å²) in [4.78, 5) is 0. The van der Waals surface area contributed by atoms with E-state index >= 15 is 0 Å². The van der Waals surface area contributed by atoms with Crippen LogP contribution in [-0.2, 0) is 0 Å². The molecule has 0 aliphatic carbocycles. The summed E-state index contributed by atoms with van der Waals surface area (Å²) >= 11 is 0. The van der Waals surface area contributed by atoms with Crippen molar-refractivity contribution in [3.63, 3.8) is 0 Å². The number of unbranched alkanes of at least 4 members (excludes halogenated alkanes) is 2. The van der Waals surface area contributed by atoms with Crippen LogP contribution in [0.3, 0.4) is 0 Å². The highest BCUT2D eigenvalue weighted by Gasteiger charge is 2.38. The third-order valence-electron chi connectivity index (χ3n) is 4.46. The molecule has 0 saturated heterocycles. The van der Waals surface area contributed by atoms with Gasteiger partial charge in [-0.3, -0.25) is 0 Å². The van der Waals surface area contributed by atoms with Crippen molar-refractivity contribution < 1.29 is 30.6 Å². The fraction of sp³-hybridized carbons (Fsp3) is 1.00. The minimum Gasteiger partial charge on any atom is -0.396 e. The Morgan fingerprint density at radius 1 is 0.818 bits per heavy atom. The maximum absolute atomic E-state index is 10.8. The van der Waals surface area contributed by atoms with Gasteiger partial charge < -0.3 is 30.6 Å². The van der Waals surface area contributed by atoms with Crippen molar-refractivity contribution in [2.24, 2.45) is 11.8 Å². The van der Waals surface area contributed by atoms with E-state index in [2.05, 4.69) is 0 Å². The predicted molar refractivity (Wildman–Crippen MR) is 84.3 cm³/mol. The van der Waals surface area contributed by atoms with Crippen LogP contribution in [0.1, 0.15) is 52.4 Å². The fourth-order valence-electron chi connectivity index (χ4n) is 2.57. The Balaban J connectivity index is 4.69. The molecule has 22 heavy (non-hydrogen) atoms. The lowest BCUT2D eigenvalue weighted by molar-refractivity contribution is -0.121. The van der Waals surface area contributed by atoms with E-state index in [4.69, 9.17) is 10.2 Å². The molecule has 0 aromatic carbocycles. The molecule has 0 aliphatic heterocycles. The summed E-state index contributed by atoms with van der Waals surface area (Å²) in [5.74, 6) is -0.749. The Kier molecular flexibility index (Phi) is 11.2. The zero-order valence-electron chi connectivity index (χ0n) is 13.9. The molecule has 0 saturated carbocycles. The lowest BCUT2D eigenvalue weighted by atomic mass is 9.79. The second-order valence-electron chi connectivity index (χ2n) is 6.51. The van der Waals surface area contributed by atoms with Crippen molar-refractivity contribution in [2.75, 3.05) is 19.8 Å². The van der Waals surface area contributed by atoms with E-state index in [9.17, 15) is 20.4 Å². The predicted octanol–water partition coefficient (Wildman–Crippen LogP) is 0.0290. The molecule has 0 bridgehead atoms. The maximum atomic E-state index is 10.8. The average Bonchev–Trinajstić information content (AvgIpc) is 2.54. The van der Waals surface area contributed by atoms with Crippen molar-refractivity contribution in [1.29, 1.82) is 0 Å². The average molecular weight is 322 g/mol. The van der Waals surface area contributed by atoms with Gasteiger partial charge in [-0.25, -0.2) is 0 Å². The van der Waals surface area contributed by atoms with E-state index in [1.807, 2.05) is 0 Å². The van der Waals surface area contributed by atoms with Crippen molar-refractivity contribution >= 4 is 0 Å². The molecule has 6 heteroatoms. The molecule has 0 heterocycles. The van der Waals surface area contributed by atoms with Gasteiger partial charge in [0, 0.05) is 31.7 Å². The van der Waals surface area contributed by atoms with Crippen molar-refractivity contribution in [1.82, 2.24) is 0 Å². The van der Waals surface area contributed by atoms with Gasteiger partial charge in [0.05, 0.1) is 17.8 Å². The normalized spacial score (nSPS) is 20.2. The lowest BCUT2D eigenvalue weighted by Gasteiger charge is -2.37. The molecular formula is C16H34O6. The number of aliphatic hydroxyl groups excluding tert-OH is 5. The van der Waals surface area contributed by atoms with Crippen molar-refractivity contribution in [3.05, 3.63) is 0 Å². The summed E-state index contributed by atoms with van der Waals surface area (Å²) in [6, 6.07) is 0. The number of aliphatic hydroxyl groups is 6. The van der Waals surface area contributed by atoms with Crippen LogP contribution in [0.4, 0.5) is 0 Å². The molecule has 6 nitrogen and oxygen atoms in total. The van der Waals surface area contributed by atoms with Crippen molar-refractivity contribution in [2.45, 2.75) is 70.2 Å². The largest absolute Gasteiger partial charge is 0.396 e. The van der Waals surface area contributed by atoms with Crippen LogP contribution in [0.2, 0.25) is 0 Å². The van der Waals surface area contributed by atoms with Gasteiger partial charge in [0.25, 0.3) is 0 Å². The molecule has 5 atom stereocenters. The minimum atomic E-state index is -1.38. The van der Waals surface area contributed by atoms with E-state index in [1.54, 1.807) is 13.8 Å². The van der Waals surface area contributed by atoms with Crippen LogP contribution in [0, 0.1) is 11.8 Å². The first-order valence-corrected chi connectivity index (χ1v) is 8.23. The lowest BCUT2D eigenvalue weighted by Crippen LogP contribution is -2.47. The van der Waals surface area contributed by atoms with E-state index in [0.717, 1.165) is 6.42 Å². The molecule has 0 aromatic heterocycles. The molecule has 0 fully saturated rings. The zero-order valence-corrected chi connectivity index (χ0v) is 13.9. The molecule has 134 valence electrons. The quantitative estimate of drug-likeness (QED) is 0.266. The van der Waals surface area contributed by atoms with E-state index in [1.165, 1.54) is 0 Å². The summed E-state index contributed by atoms with van der Waals surface area (Å²) in [5, 5.41) is 58.1. The molecule has 0 aliphatic rings. The smallest absolute Gasteiger partial charge is 0.0909 e. The maximum Gasteiger partial charge on any atom is 0.0909 e. The van der Waals surface area contributed by atoms with Crippen LogP contribution < -0.4 is 0 Å². The number of rotatable bonds is 13. The number of hydrogen-bond acceptors (Lipinski definition) is 6. The molecule has 5 unspecified atom stereocenters. The van der Waals surface area contributed by atoms with Crippen LogP contribution in [0.25, 0.3) is 0 Å². The van der Waals surface area contributed by atoms with Gasteiger partial charge in [0.15, 0.2) is 0 Å². The van der Waals surface area contributed by atoms with Crippen LogP contribution in [-0.4, -0.2) is 68.3 Å². The molecular weight excluding hydrogens is 288 g/mol. The summed E-state index contributed by atoms with van der Waals surface area (Å²) in [6.07, 6.45) is 1.03. The molecule has 0 amide bonds. The van der Waals surface area contributed by atoms with Gasteiger partial charge in [0.1, 0.15) is 0 Å². The topological polar surface area (TPSA) is 121 Å². The second kappa shape index (κ2) is 11.3. The van der Waals surface area contributed by atoms with Crippen LogP contribution in [0.5, 0.6) is 0 Å². The number of hydrogen-bond donors (Lipinski definition) is 6. The first kappa shape index (κ1) is 21.8. The highest BCUT2D eigenvalue weighted by Crippen LogP contribution is 2.30. The van der Waals surface area contributed by atoms with E-state index in [0.29, 0.717) is 19.3 Å². The van der Waals surface area contributed by atoms with Crippen LogP contribution >= 0.6 is 0 Å². The Morgan fingerprint density at radius 3 is 1.91 bits per heavy atom. The Hall–Kier alpha value is -0.240. The van der Waals surface area contributed by atoms with Gasteiger partial charge in [-0.1, -0.05) is 26.7 Å². The van der Waals surface area contributed by atoms with Crippen LogP contribution in [0.15, 0.2) is 0 Å². The highest BCUT2D eigenvalue weighted by atomic mass is 16.3. The van der Waals surface area contributed by atoms with Gasteiger partial charge in [0.2, 0.25) is 0 Å². The van der Waals surface area contributed by atoms with E-state index < -0.39 is 23.7 Å². The summed E-state index contributed by atoms with van der Waals surface area (Å²) < 4.78 is 0. The first-order valence-electron chi connectivity index (χ1n) is 8.23. The zero-order chi connectivity index (χ0) is 17.2. The third kappa shape index (κ3) is 7.35. The monoisotopic (exact) mass is 322 g/mol.